The Hall–Kier alpha value is -3.54. The van der Waals surface area contributed by atoms with Crippen molar-refractivity contribution in [3.63, 3.8) is 0 Å². The van der Waals surface area contributed by atoms with Crippen molar-refractivity contribution in [2.75, 3.05) is 24.7 Å². The first-order valence-electron chi connectivity index (χ1n) is 14.2. The predicted octanol–water partition coefficient (Wildman–Crippen LogP) is 7.52. The predicted molar refractivity (Wildman–Crippen MR) is 156 cm³/mol. The largest absolute Gasteiger partial charge is 0.508 e. The zero-order valence-electron chi connectivity index (χ0n) is 24.1. The smallest absolute Gasteiger partial charge is 0.453 e. The second-order valence-corrected chi connectivity index (χ2v) is 13.7. The Morgan fingerprint density at radius 1 is 0.886 bits per heavy atom. The molecule has 0 saturated heterocycles. The molecule has 0 amide bonds. The summed E-state index contributed by atoms with van der Waals surface area (Å²) in [6.45, 7) is 2.68. The minimum Gasteiger partial charge on any atom is -0.508 e. The van der Waals surface area contributed by atoms with Crippen LogP contribution in [-0.4, -0.2) is 55.4 Å². The van der Waals surface area contributed by atoms with Gasteiger partial charge in [-0.05, 0) is 67.1 Å². The summed E-state index contributed by atoms with van der Waals surface area (Å²) in [6.07, 6.45) is -6.80. The van der Waals surface area contributed by atoms with E-state index in [0.29, 0.717) is 30.9 Å². The van der Waals surface area contributed by atoms with Gasteiger partial charge in [0.1, 0.15) is 32.8 Å². The average molecular weight is 643 g/mol. The Kier molecular flexibility index (Phi) is 10.0. The quantitative estimate of drug-likeness (QED) is 0.148. The van der Waals surface area contributed by atoms with Gasteiger partial charge in [0.05, 0.1) is 24.7 Å². The van der Waals surface area contributed by atoms with Gasteiger partial charge in [-0.3, -0.25) is 0 Å². The molecule has 0 aliphatic carbocycles. The summed E-state index contributed by atoms with van der Waals surface area (Å²) < 4.78 is 99.1. The van der Waals surface area contributed by atoms with Gasteiger partial charge in [0.2, 0.25) is 0 Å². The van der Waals surface area contributed by atoms with Crippen molar-refractivity contribution in [3.05, 3.63) is 83.4 Å². The number of hydrogen-bond acceptors (Lipinski definition) is 6. The second kappa shape index (κ2) is 13.2. The molecule has 240 valence electrons. The molecule has 1 heterocycles. The molecule has 0 bridgehead atoms. The van der Waals surface area contributed by atoms with Gasteiger partial charge in [-0.15, -0.1) is 0 Å². The highest BCUT2D eigenvalue weighted by Crippen LogP contribution is 2.51. The monoisotopic (exact) mass is 642 g/mol. The van der Waals surface area contributed by atoms with Gasteiger partial charge in [-0.2, -0.15) is 22.0 Å². The first-order chi connectivity index (χ1) is 20.6. The van der Waals surface area contributed by atoms with Crippen LogP contribution in [0.1, 0.15) is 61.6 Å². The number of halogens is 5. The molecule has 1 aliphatic rings. The number of alkyl halides is 5. The highest BCUT2D eigenvalue weighted by molar-refractivity contribution is 7.91. The number of fused-ring (bicyclic) bond motifs is 1. The number of phenolic OH excluding ortho intramolecular Hbond substituents is 2. The average Bonchev–Trinajstić information content (AvgIpc) is 2.94. The van der Waals surface area contributed by atoms with Crippen molar-refractivity contribution in [1.82, 2.24) is 0 Å². The van der Waals surface area contributed by atoms with E-state index in [1.54, 1.807) is 30.3 Å². The molecule has 0 spiro atoms. The zero-order chi connectivity index (χ0) is 32.2. The van der Waals surface area contributed by atoms with E-state index >= 15 is 0 Å². The Morgan fingerprint density at radius 3 is 2.27 bits per heavy atom. The van der Waals surface area contributed by atoms with Crippen LogP contribution in [0.2, 0.25) is 0 Å². The molecule has 12 heteroatoms. The molecule has 0 aromatic heterocycles. The lowest BCUT2D eigenvalue weighted by atomic mass is 9.65. The maximum Gasteiger partial charge on any atom is 0.453 e. The number of sulfone groups is 1. The van der Waals surface area contributed by atoms with Crippen LogP contribution < -0.4 is 9.47 Å². The molecule has 2 unspecified atom stereocenters. The number of ether oxygens (including phenoxy) is 2. The van der Waals surface area contributed by atoms with Gasteiger partial charge in [0, 0.05) is 29.4 Å². The highest BCUT2D eigenvalue weighted by Gasteiger charge is 2.56. The number of rotatable bonds is 13. The highest BCUT2D eigenvalue weighted by atomic mass is 32.2. The fraction of sp³-hybridized carbons (Fsp3) is 0.438. The molecule has 2 N–H and O–H groups in total. The van der Waals surface area contributed by atoms with Crippen LogP contribution in [0.3, 0.4) is 0 Å². The summed E-state index contributed by atoms with van der Waals surface area (Å²) >= 11 is 0. The summed E-state index contributed by atoms with van der Waals surface area (Å²) in [5, 5.41) is 19.9. The number of hydrogen-bond donors (Lipinski definition) is 2. The summed E-state index contributed by atoms with van der Waals surface area (Å²) in [7, 11) is -3.75. The molecule has 3 aromatic rings. The molecule has 44 heavy (non-hydrogen) atoms. The van der Waals surface area contributed by atoms with E-state index in [1.165, 1.54) is 0 Å². The van der Waals surface area contributed by atoms with Crippen molar-refractivity contribution < 1.29 is 50.1 Å². The molecule has 2 atom stereocenters. The number of phenols is 2. The van der Waals surface area contributed by atoms with Gasteiger partial charge < -0.3 is 19.7 Å². The van der Waals surface area contributed by atoms with E-state index in [0.717, 1.165) is 16.7 Å². The SMILES string of the molecule is CC1(c2ccc(O)cc2)COc2cc(O)ccc2C1c1cccc(OCCCCCS(=O)(=O)CCCC(F)(F)C(F)(F)F)c1. The lowest BCUT2D eigenvalue weighted by Crippen LogP contribution is -2.40. The molecular formula is C32H35F5O6S. The van der Waals surface area contributed by atoms with E-state index in [4.69, 9.17) is 9.47 Å². The van der Waals surface area contributed by atoms with Gasteiger partial charge in [-0.25, -0.2) is 8.42 Å². The van der Waals surface area contributed by atoms with Gasteiger partial charge >= 0.3 is 12.1 Å². The van der Waals surface area contributed by atoms with Crippen molar-refractivity contribution in [3.8, 4) is 23.0 Å². The molecular weight excluding hydrogens is 607 g/mol. The van der Waals surface area contributed by atoms with Crippen molar-refractivity contribution in [1.29, 1.82) is 0 Å². The third-order valence-electron chi connectivity index (χ3n) is 7.92. The van der Waals surface area contributed by atoms with E-state index < -0.39 is 45.9 Å². The normalized spacial score (nSPS) is 18.8. The van der Waals surface area contributed by atoms with Crippen LogP contribution in [0.5, 0.6) is 23.0 Å². The Bertz CT molecular complexity index is 1520. The van der Waals surface area contributed by atoms with Crippen molar-refractivity contribution in [2.24, 2.45) is 0 Å². The summed E-state index contributed by atoms with van der Waals surface area (Å²) in [4.78, 5) is 0. The van der Waals surface area contributed by atoms with Gasteiger partial charge in [0.25, 0.3) is 0 Å². The lowest BCUT2D eigenvalue weighted by Gasteiger charge is -2.43. The summed E-state index contributed by atoms with van der Waals surface area (Å²) in [5.41, 5.74) is 2.24. The van der Waals surface area contributed by atoms with E-state index in [-0.39, 0.29) is 36.2 Å². The third kappa shape index (κ3) is 7.94. The maximum absolute atomic E-state index is 13.0. The molecule has 0 fully saturated rings. The first kappa shape index (κ1) is 33.4. The standard InChI is InChI=1S/C32H35F5O6S/c1-30(23-9-11-24(38)12-10-23)21-43-28-20-25(39)13-14-27(28)29(30)22-7-5-8-26(19-22)42-16-3-2-4-17-44(40,41)18-6-15-31(33,34)32(35,36)37/h5,7-14,19-20,29,38-39H,2-4,6,15-18,21H2,1H3. The topological polar surface area (TPSA) is 93.1 Å². The van der Waals surface area contributed by atoms with Crippen LogP contribution in [0.15, 0.2) is 66.7 Å². The van der Waals surface area contributed by atoms with E-state index in [2.05, 4.69) is 6.92 Å². The summed E-state index contributed by atoms with van der Waals surface area (Å²) in [5.74, 6) is -4.71. The minimum atomic E-state index is -5.69. The fourth-order valence-corrected chi connectivity index (χ4v) is 6.95. The van der Waals surface area contributed by atoms with Crippen LogP contribution >= 0.6 is 0 Å². The molecule has 0 radical (unpaired) electrons. The van der Waals surface area contributed by atoms with Gasteiger partial charge in [-0.1, -0.05) is 37.3 Å². The first-order valence-corrected chi connectivity index (χ1v) is 16.1. The van der Waals surface area contributed by atoms with Gasteiger partial charge in [0.15, 0.2) is 0 Å². The maximum atomic E-state index is 13.0. The molecule has 1 aliphatic heterocycles. The van der Waals surface area contributed by atoms with Crippen LogP contribution in [-0.2, 0) is 15.3 Å². The molecule has 3 aromatic carbocycles. The zero-order valence-corrected chi connectivity index (χ0v) is 24.9. The molecule has 0 saturated carbocycles. The van der Waals surface area contributed by atoms with E-state index in [1.807, 2.05) is 36.4 Å². The Morgan fingerprint density at radius 2 is 1.57 bits per heavy atom. The van der Waals surface area contributed by atoms with Crippen molar-refractivity contribution in [2.45, 2.75) is 62.5 Å². The lowest BCUT2D eigenvalue weighted by molar-refractivity contribution is -0.284. The third-order valence-corrected chi connectivity index (χ3v) is 9.74. The number of aromatic hydroxyl groups is 2. The number of benzene rings is 3. The minimum absolute atomic E-state index is 0.0867. The van der Waals surface area contributed by atoms with Crippen LogP contribution in [0.25, 0.3) is 0 Å². The van der Waals surface area contributed by atoms with Crippen LogP contribution in [0.4, 0.5) is 22.0 Å². The Balaban J connectivity index is 1.36. The molecule has 6 nitrogen and oxygen atoms in total. The fourth-order valence-electron chi connectivity index (χ4n) is 5.51. The molecule has 4 rings (SSSR count). The second-order valence-electron chi connectivity index (χ2n) is 11.3. The van der Waals surface area contributed by atoms with Crippen molar-refractivity contribution >= 4 is 9.84 Å². The Labute approximate surface area is 253 Å². The van der Waals surface area contributed by atoms with Crippen LogP contribution in [0, 0.1) is 0 Å². The summed E-state index contributed by atoms with van der Waals surface area (Å²) in [6, 6.07) is 19.6. The van der Waals surface area contributed by atoms with E-state index in [9.17, 15) is 40.6 Å². The number of unbranched alkanes of at least 4 members (excludes halogenated alkanes) is 2.